The second-order valence-electron chi connectivity index (χ2n) is 3.69. The highest BCUT2D eigenvalue weighted by Gasteiger charge is 2.26. The molecule has 1 aliphatic carbocycles. The smallest absolute Gasteiger partial charge is 0.239 e. The number of anilines is 1. The van der Waals surface area contributed by atoms with Gasteiger partial charge in [-0.3, -0.25) is 4.79 Å². The van der Waals surface area contributed by atoms with Crippen molar-refractivity contribution in [1.82, 2.24) is 0 Å². The predicted molar refractivity (Wildman–Crippen MR) is 57.7 cm³/mol. The molecule has 1 aromatic carbocycles. The molecule has 0 unspecified atom stereocenters. The molecule has 4 heteroatoms. The maximum absolute atomic E-state index is 13.0. The van der Waals surface area contributed by atoms with Crippen LogP contribution in [0.15, 0.2) is 18.2 Å². The Labute approximate surface area is 92.4 Å². The average Bonchev–Trinajstić information content (AvgIpc) is 3.01. The Kier molecular flexibility index (Phi) is 2.91. The van der Waals surface area contributed by atoms with Crippen LogP contribution in [0, 0.1) is 5.82 Å². The van der Waals surface area contributed by atoms with Gasteiger partial charge in [0.1, 0.15) is 11.7 Å². The van der Waals surface area contributed by atoms with Crippen molar-refractivity contribution in [3.63, 3.8) is 0 Å². The maximum atomic E-state index is 13.0. The van der Waals surface area contributed by atoms with Crippen molar-refractivity contribution in [2.24, 2.45) is 0 Å². The van der Waals surface area contributed by atoms with E-state index in [-0.39, 0.29) is 17.6 Å². The number of halogens is 2. The van der Waals surface area contributed by atoms with Crippen molar-refractivity contribution in [3.05, 3.63) is 29.6 Å². The van der Waals surface area contributed by atoms with Crippen molar-refractivity contribution >= 4 is 23.2 Å². The zero-order valence-corrected chi connectivity index (χ0v) is 8.85. The minimum absolute atomic E-state index is 0.110. The number of alkyl halides is 1. The molecule has 2 rings (SSSR count). The van der Waals surface area contributed by atoms with Gasteiger partial charge in [-0.2, -0.15) is 0 Å². The van der Waals surface area contributed by atoms with Crippen LogP contribution in [0.3, 0.4) is 0 Å². The molecule has 0 saturated heterocycles. The van der Waals surface area contributed by atoms with Gasteiger partial charge in [-0.25, -0.2) is 4.39 Å². The Morgan fingerprint density at radius 2 is 2.27 bits per heavy atom. The minimum atomic E-state index is -0.343. The molecule has 0 spiro atoms. The van der Waals surface area contributed by atoms with Crippen LogP contribution in [0.25, 0.3) is 0 Å². The number of hydrogen-bond donors (Lipinski definition) is 1. The van der Waals surface area contributed by atoms with Gasteiger partial charge in [0.2, 0.25) is 5.91 Å². The highest BCUT2D eigenvalue weighted by Crippen LogP contribution is 2.43. The molecule has 1 saturated carbocycles. The Balaban J connectivity index is 2.25. The molecule has 0 radical (unpaired) electrons. The monoisotopic (exact) mass is 227 g/mol. The third-order valence-electron chi connectivity index (χ3n) is 2.43. The topological polar surface area (TPSA) is 29.1 Å². The van der Waals surface area contributed by atoms with E-state index in [4.69, 9.17) is 11.6 Å². The Morgan fingerprint density at radius 1 is 1.53 bits per heavy atom. The quantitative estimate of drug-likeness (QED) is 0.791. The number of carbonyl (C=O) groups excluding carboxylic acids is 1. The first-order chi connectivity index (χ1) is 7.20. The Hall–Kier alpha value is -1.09. The number of nitrogens with one attached hydrogen (secondary N) is 1. The minimum Gasteiger partial charge on any atom is -0.325 e. The van der Waals surface area contributed by atoms with E-state index < -0.39 is 0 Å². The van der Waals surface area contributed by atoms with Crippen LogP contribution >= 0.6 is 11.6 Å². The molecule has 1 N–H and O–H groups in total. The first-order valence-corrected chi connectivity index (χ1v) is 5.39. The number of hydrogen-bond acceptors (Lipinski definition) is 1. The molecule has 1 fully saturated rings. The lowest BCUT2D eigenvalue weighted by molar-refractivity contribution is -0.113. The second kappa shape index (κ2) is 4.19. The summed E-state index contributed by atoms with van der Waals surface area (Å²) in [4.78, 5) is 11.1. The normalized spacial score (nSPS) is 15.1. The number of carbonyl (C=O) groups is 1. The third kappa shape index (κ3) is 2.48. The predicted octanol–water partition coefficient (Wildman–Crippen LogP) is 2.88. The molecule has 0 atom stereocenters. The zero-order chi connectivity index (χ0) is 10.8. The highest BCUT2D eigenvalue weighted by molar-refractivity contribution is 6.29. The molecule has 0 aliphatic heterocycles. The molecule has 0 bridgehead atoms. The molecule has 80 valence electrons. The molecular weight excluding hydrogens is 217 g/mol. The van der Waals surface area contributed by atoms with Crippen LogP contribution in [0.1, 0.15) is 24.3 Å². The lowest BCUT2D eigenvalue weighted by atomic mass is 10.1. The first kappa shape index (κ1) is 10.4. The summed E-state index contributed by atoms with van der Waals surface area (Å²) >= 11 is 5.38. The van der Waals surface area contributed by atoms with Crippen molar-refractivity contribution in [3.8, 4) is 0 Å². The second-order valence-corrected chi connectivity index (χ2v) is 3.95. The van der Waals surface area contributed by atoms with E-state index >= 15 is 0 Å². The van der Waals surface area contributed by atoms with Gasteiger partial charge >= 0.3 is 0 Å². The largest absolute Gasteiger partial charge is 0.325 e. The molecule has 0 heterocycles. The molecule has 2 nitrogen and oxygen atoms in total. The summed E-state index contributed by atoms with van der Waals surface area (Å²) in [5.74, 6) is -0.287. The Bertz CT molecular complexity index is 390. The molecular formula is C11H11ClFNO. The highest BCUT2D eigenvalue weighted by atomic mass is 35.5. The summed E-state index contributed by atoms with van der Waals surface area (Å²) in [5.41, 5.74) is 1.57. The fraction of sp³-hybridized carbons (Fsp3) is 0.364. The summed E-state index contributed by atoms with van der Waals surface area (Å²) in [6.07, 6.45) is 2.21. The van der Waals surface area contributed by atoms with Gasteiger partial charge in [0.05, 0.1) is 0 Å². The average molecular weight is 228 g/mol. The van der Waals surface area contributed by atoms with Gasteiger partial charge in [0.15, 0.2) is 0 Å². The van der Waals surface area contributed by atoms with Crippen molar-refractivity contribution < 1.29 is 9.18 Å². The SMILES string of the molecule is O=C(CCl)Nc1cc(F)ccc1C1CC1. The molecule has 1 amide bonds. The number of rotatable bonds is 3. The van der Waals surface area contributed by atoms with Gasteiger partial charge in [0.25, 0.3) is 0 Å². The molecule has 1 aromatic rings. The summed E-state index contributed by atoms with van der Waals surface area (Å²) in [5, 5.41) is 2.61. The lowest BCUT2D eigenvalue weighted by Crippen LogP contribution is -2.14. The van der Waals surface area contributed by atoms with E-state index in [1.54, 1.807) is 6.07 Å². The zero-order valence-electron chi connectivity index (χ0n) is 8.09. The standard InChI is InChI=1S/C11H11ClFNO/c12-6-11(15)14-10-5-8(13)3-4-9(10)7-1-2-7/h3-5,7H,1-2,6H2,(H,14,15). The molecule has 15 heavy (non-hydrogen) atoms. The summed E-state index contributed by atoms with van der Waals surface area (Å²) < 4.78 is 13.0. The van der Waals surface area contributed by atoms with E-state index in [0.29, 0.717) is 11.6 Å². The summed E-state index contributed by atoms with van der Waals surface area (Å²) in [6, 6.07) is 4.50. The van der Waals surface area contributed by atoms with Crippen LogP contribution < -0.4 is 5.32 Å². The number of amides is 1. The number of benzene rings is 1. The van der Waals surface area contributed by atoms with Gasteiger partial charge in [-0.15, -0.1) is 11.6 Å². The third-order valence-corrected chi connectivity index (χ3v) is 2.67. The molecule has 1 aliphatic rings. The van der Waals surface area contributed by atoms with Crippen LogP contribution in [0.2, 0.25) is 0 Å². The van der Waals surface area contributed by atoms with Gasteiger partial charge in [-0.1, -0.05) is 6.07 Å². The van der Waals surface area contributed by atoms with Crippen LogP contribution in [-0.4, -0.2) is 11.8 Å². The summed E-state index contributed by atoms with van der Waals surface area (Å²) in [6.45, 7) is 0. The summed E-state index contributed by atoms with van der Waals surface area (Å²) in [7, 11) is 0. The van der Waals surface area contributed by atoms with Gasteiger partial charge in [-0.05, 0) is 36.5 Å². The Morgan fingerprint density at radius 3 is 2.87 bits per heavy atom. The van der Waals surface area contributed by atoms with Crippen molar-refractivity contribution in [1.29, 1.82) is 0 Å². The fourth-order valence-electron chi connectivity index (χ4n) is 1.57. The van der Waals surface area contributed by atoms with Crippen LogP contribution in [-0.2, 0) is 4.79 Å². The van der Waals surface area contributed by atoms with E-state index in [1.807, 2.05) is 0 Å². The van der Waals surface area contributed by atoms with E-state index in [9.17, 15) is 9.18 Å². The van der Waals surface area contributed by atoms with E-state index in [2.05, 4.69) is 5.32 Å². The maximum Gasteiger partial charge on any atom is 0.239 e. The van der Waals surface area contributed by atoms with E-state index in [1.165, 1.54) is 12.1 Å². The van der Waals surface area contributed by atoms with Crippen molar-refractivity contribution in [2.45, 2.75) is 18.8 Å². The lowest BCUT2D eigenvalue weighted by Gasteiger charge is -2.09. The van der Waals surface area contributed by atoms with Crippen LogP contribution in [0.4, 0.5) is 10.1 Å². The van der Waals surface area contributed by atoms with Gasteiger partial charge in [0, 0.05) is 5.69 Å². The van der Waals surface area contributed by atoms with E-state index in [0.717, 1.165) is 18.4 Å². The first-order valence-electron chi connectivity index (χ1n) is 4.86. The van der Waals surface area contributed by atoms with Gasteiger partial charge < -0.3 is 5.32 Å². The van der Waals surface area contributed by atoms with Crippen LogP contribution in [0.5, 0.6) is 0 Å². The van der Waals surface area contributed by atoms with Crippen molar-refractivity contribution in [2.75, 3.05) is 11.2 Å². The fourth-order valence-corrected chi connectivity index (χ4v) is 1.64. The molecule has 0 aromatic heterocycles.